The van der Waals surface area contributed by atoms with E-state index in [0.29, 0.717) is 5.95 Å². The largest absolute Gasteiger partial charge is 0.333 e. The first-order valence-corrected chi connectivity index (χ1v) is 6.76. The fourth-order valence-corrected chi connectivity index (χ4v) is 3.26. The van der Waals surface area contributed by atoms with Crippen molar-refractivity contribution in [2.45, 2.75) is 37.6 Å². The zero-order valence-corrected chi connectivity index (χ0v) is 10.5. The molecule has 0 bridgehead atoms. The normalized spacial score (nSPS) is 23.3. The van der Waals surface area contributed by atoms with Gasteiger partial charge in [0.15, 0.2) is 5.82 Å². The molecule has 1 aromatic rings. The predicted octanol–water partition coefficient (Wildman–Crippen LogP) is 1.73. The summed E-state index contributed by atoms with van der Waals surface area (Å²) in [5.74, 6) is 0.311. The molecule has 3 rings (SSSR count). The van der Waals surface area contributed by atoms with Crippen molar-refractivity contribution in [2.24, 2.45) is 0 Å². The van der Waals surface area contributed by atoms with Gasteiger partial charge in [-0.05, 0) is 12.8 Å². The highest BCUT2D eigenvalue weighted by Crippen LogP contribution is 2.36. The van der Waals surface area contributed by atoms with Gasteiger partial charge in [-0.15, -0.1) is 0 Å². The van der Waals surface area contributed by atoms with Gasteiger partial charge in [-0.1, -0.05) is 19.3 Å². The number of hydrogen-bond acceptors (Lipinski definition) is 4. The number of halogens is 1. The van der Waals surface area contributed by atoms with Gasteiger partial charge >= 0.3 is 0 Å². The summed E-state index contributed by atoms with van der Waals surface area (Å²) in [4.78, 5) is 10.6. The lowest BCUT2D eigenvalue weighted by Gasteiger charge is -2.49. The summed E-state index contributed by atoms with van der Waals surface area (Å²) in [6.07, 6.45) is 8.74. The molecule has 0 radical (unpaired) electrons. The number of hydrogen-bond donors (Lipinski definition) is 1. The van der Waals surface area contributed by atoms with E-state index in [0.717, 1.165) is 19.6 Å². The maximum atomic E-state index is 12.9. The van der Waals surface area contributed by atoms with E-state index in [2.05, 4.69) is 20.2 Å². The number of nitrogens with zero attached hydrogens (tertiary/aromatic N) is 3. The third-order valence-electron chi connectivity index (χ3n) is 4.17. The molecule has 0 atom stereocenters. The van der Waals surface area contributed by atoms with Crippen LogP contribution in [0.2, 0.25) is 0 Å². The molecule has 2 heterocycles. The maximum absolute atomic E-state index is 12.9. The van der Waals surface area contributed by atoms with Crippen molar-refractivity contribution in [1.29, 1.82) is 0 Å². The Labute approximate surface area is 107 Å². The summed E-state index contributed by atoms with van der Waals surface area (Å²) in [5.41, 5.74) is 0.147. The molecule has 0 aromatic carbocycles. The summed E-state index contributed by atoms with van der Waals surface area (Å²) >= 11 is 0. The van der Waals surface area contributed by atoms with Gasteiger partial charge in [-0.2, -0.15) is 0 Å². The Kier molecular flexibility index (Phi) is 3.16. The first-order chi connectivity index (χ1) is 8.80. The highest BCUT2D eigenvalue weighted by Gasteiger charge is 2.40. The monoisotopic (exact) mass is 250 g/mol. The van der Waals surface area contributed by atoms with Gasteiger partial charge in [0.25, 0.3) is 0 Å². The van der Waals surface area contributed by atoms with E-state index < -0.39 is 0 Å². The minimum absolute atomic E-state index is 0.147. The number of aromatic nitrogens is 2. The molecule has 4 nitrogen and oxygen atoms in total. The maximum Gasteiger partial charge on any atom is 0.225 e. The Morgan fingerprint density at radius 2 is 1.89 bits per heavy atom. The van der Waals surface area contributed by atoms with Crippen LogP contribution in [-0.2, 0) is 0 Å². The van der Waals surface area contributed by atoms with Gasteiger partial charge < -0.3 is 10.2 Å². The van der Waals surface area contributed by atoms with E-state index in [-0.39, 0.29) is 11.4 Å². The molecule has 0 amide bonds. The number of piperazine rings is 1. The van der Waals surface area contributed by atoms with Crippen LogP contribution in [0.15, 0.2) is 12.4 Å². The van der Waals surface area contributed by atoms with Crippen LogP contribution >= 0.6 is 0 Å². The van der Waals surface area contributed by atoms with Crippen molar-refractivity contribution < 1.29 is 4.39 Å². The Hall–Kier alpha value is -1.23. The molecule has 2 fully saturated rings. The average molecular weight is 250 g/mol. The van der Waals surface area contributed by atoms with Crippen molar-refractivity contribution in [2.75, 3.05) is 24.5 Å². The summed E-state index contributed by atoms with van der Waals surface area (Å²) in [6.45, 7) is 2.85. The van der Waals surface area contributed by atoms with E-state index >= 15 is 0 Å². The Morgan fingerprint density at radius 1 is 1.17 bits per heavy atom. The molecule has 1 aliphatic carbocycles. The molecular weight excluding hydrogens is 231 g/mol. The molecular formula is C13H19FN4. The van der Waals surface area contributed by atoms with Crippen molar-refractivity contribution >= 4 is 5.95 Å². The van der Waals surface area contributed by atoms with Gasteiger partial charge in [-0.25, -0.2) is 14.4 Å². The molecule has 5 heteroatoms. The number of rotatable bonds is 1. The van der Waals surface area contributed by atoms with Crippen LogP contribution in [0.4, 0.5) is 10.3 Å². The molecule has 0 unspecified atom stereocenters. The van der Waals surface area contributed by atoms with Crippen molar-refractivity contribution in [3.05, 3.63) is 18.2 Å². The van der Waals surface area contributed by atoms with Crippen LogP contribution in [-0.4, -0.2) is 35.1 Å². The van der Waals surface area contributed by atoms with E-state index in [4.69, 9.17) is 0 Å². The minimum Gasteiger partial charge on any atom is -0.333 e. The lowest BCUT2D eigenvalue weighted by molar-refractivity contribution is 0.238. The quantitative estimate of drug-likeness (QED) is 0.824. The second kappa shape index (κ2) is 4.80. The first kappa shape index (κ1) is 11.8. The van der Waals surface area contributed by atoms with Crippen molar-refractivity contribution in [1.82, 2.24) is 15.3 Å². The lowest BCUT2D eigenvalue weighted by atomic mass is 9.79. The highest BCUT2D eigenvalue weighted by molar-refractivity contribution is 5.36. The lowest BCUT2D eigenvalue weighted by Crippen LogP contribution is -2.62. The van der Waals surface area contributed by atoms with E-state index in [9.17, 15) is 4.39 Å². The number of nitrogens with one attached hydrogen (secondary N) is 1. The van der Waals surface area contributed by atoms with Gasteiger partial charge in [0.05, 0.1) is 17.9 Å². The van der Waals surface area contributed by atoms with Crippen LogP contribution in [0.3, 0.4) is 0 Å². The third-order valence-corrected chi connectivity index (χ3v) is 4.17. The molecule has 1 N–H and O–H groups in total. The van der Waals surface area contributed by atoms with Gasteiger partial charge in [0.2, 0.25) is 5.95 Å². The zero-order chi connectivity index (χ0) is 12.4. The molecule has 98 valence electrons. The van der Waals surface area contributed by atoms with Crippen LogP contribution in [0, 0.1) is 5.82 Å². The second-order valence-electron chi connectivity index (χ2n) is 5.31. The fraction of sp³-hybridized carbons (Fsp3) is 0.692. The van der Waals surface area contributed by atoms with Crippen LogP contribution in [0.25, 0.3) is 0 Å². The molecule has 18 heavy (non-hydrogen) atoms. The second-order valence-corrected chi connectivity index (χ2v) is 5.31. The smallest absolute Gasteiger partial charge is 0.225 e. The first-order valence-electron chi connectivity index (χ1n) is 6.76. The zero-order valence-electron chi connectivity index (χ0n) is 10.5. The van der Waals surface area contributed by atoms with E-state index in [1.807, 2.05) is 0 Å². The van der Waals surface area contributed by atoms with E-state index in [1.54, 1.807) is 0 Å². The molecule has 1 spiro atoms. The summed E-state index contributed by atoms with van der Waals surface area (Å²) in [7, 11) is 0. The van der Waals surface area contributed by atoms with Crippen molar-refractivity contribution in [3.63, 3.8) is 0 Å². The van der Waals surface area contributed by atoms with Crippen molar-refractivity contribution in [3.8, 4) is 0 Å². The Bertz CT molecular complexity index is 392. The number of anilines is 1. The topological polar surface area (TPSA) is 41.1 Å². The third kappa shape index (κ3) is 2.07. The van der Waals surface area contributed by atoms with Gasteiger partial charge in [-0.3, -0.25) is 0 Å². The summed E-state index contributed by atoms with van der Waals surface area (Å²) in [5, 5.41) is 3.49. The Morgan fingerprint density at radius 3 is 2.61 bits per heavy atom. The minimum atomic E-state index is -0.369. The molecule has 1 saturated carbocycles. The van der Waals surface area contributed by atoms with Gasteiger partial charge in [0.1, 0.15) is 0 Å². The molecule has 2 aliphatic rings. The van der Waals surface area contributed by atoms with E-state index in [1.165, 1.54) is 44.5 Å². The highest BCUT2D eigenvalue weighted by atomic mass is 19.1. The molecule has 1 saturated heterocycles. The molecule has 1 aromatic heterocycles. The molecule has 1 aliphatic heterocycles. The SMILES string of the molecule is Fc1cnc(N2CCNCC23CCCCC3)nc1. The van der Waals surface area contributed by atoms with Crippen LogP contribution < -0.4 is 10.2 Å². The predicted molar refractivity (Wildman–Crippen MR) is 68.0 cm³/mol. The standard InChI is InChI=1S/C13H19FN4/c14-11-8-16-12(17-9-11)18-7-6-15-10-13(18)4-2-1-3-5-13/h8-9,15H,1-7,10H2. The summed E-state index contributed by atoms with van der Waals surface area (Å²) < 4.78 is 12.9. The van der Waals surface area contributed by atoms with Gasteiger partial charge in [0, 0.05) is 19.6 Å². The average Bonchev–Trinajstić information content (AvgIpc) is 2.42. The fourth-order valence-electron chi connectivity index (χ4n) is 3.26. The van der Waals surface area contributed by atoms with Crippen LogP contribution in [0.1, 0.15) is 32.1 Å². The summed E-state index contributed by atoms with van der Waals surface area (Å²) in [6, 6.07) is 0. The van der Waals surface area contributed by atoms with Crippen LogP contribution in [0.5, 0.6) is 0 Å². The Balaban J connectivity index is 1.89.